The topological polar surface area (TPSA) is 155 Å². The normalized spacial score (nSPS) is 15.3. The van der Waals surface area contributed by atoms with Crippen molar-refractivity contribution in [1.29, 1.82) is 5.41 Å². The first-order chi connectivity index (χ1) is 19.5. The molecule has 0 spiro atoms. The van der Waals surface area contributed by atoms with Crippen molar-refractivity contribution in [3.05, 3.63) is 70.1 Å². The molecule has 218 valence electrons. The van der Waals surface area contributed by atoms with E-state index in [0.717, 1.165) is 0 Å². The van der Waals surface area contributed by atoms with Gasteiger partial charge in [0.05, 0.1) is 21.4 Å². The van der Waals surface area contributed by atoms with E-state index in [-0.39, 0.29) is 16.8 Å². The molecule has 1 fully saturated rings. The Balaban J connectivity index is 1.49. The van der Waals surface area contributed by atoms with Gasteiger partial charge in [-0.15, -0.1) is 11.3 Å². The third-order valence-corrected chi connectivity index (χ3v) is 10.1. The predicted octanol–water partition coefficient (Wildman–Crippen LogP) is 4.36. The maximum Gasteiger partial charge on any atom is 0.243 e. The lowest BCUT2D eigenvalue weighted by molar-refractivity contribution is -0.127. The van der Waals surface area contributed by atoms with Gasteiger partial charge in [-0.3, -0.25) is 15.0 Å². The van der Waals surface area contributed by atoms with Crippen molar-refractivity contribution in [2.45, 2.75) is 43.2 Å². The molecular weight excluding hydrogens is 586 g/mol. The van der Waals surface area contributed by atoms with E-state index in [1.807, 2.05) is 0 Å². The molecule has 1 aliphatic rings. The second kappa shape index (κ2) is 13.1. The number of methoxy groups -OCH3 is 1. The van der Waals surface area contributed by atoms with Crippen LogP contribution in [0.4, 0.5) is 5.69 Å². The Morgan fingerprint density at radius 2 is 1.80 bits per heavy atom. The second-order valence-electron chi connectivity index (χ2n) is 9.70. The number of nitrogens with one attached hydrogen (secondary N) is 3. The summed E-state index contributed by atoms with van der Waals surface area (Å²) >= 11 is 7.46. The molecule has 2 amide bonds. The van der Waals surface area contributed by atoms with Gasteiger partial charge in [0, 0.05) is 41.9 Å². The Bertz CT molecular complexity index is 1530. The van der Waals surface area contributed by atoms with Gasteiger partial charge in [-0.05, 0) is 73.9 Å². The van der Waals surface area contributed by atoms with Gasteiger partial charge in [-0.25, -0.2) is 8.42 Å². The summed E-state index contributed by atoms with van der Waals surface area (Å²) in [6.45, 7) is 2.49. The number of anilines is 1. The average Bonchev–Trinajstić information content (AvgIpc) is 3.38. The number of rotatable bonds is 10. The van der Waals surface area contributed by atoms with Crippen molar-refractivity contribution in [1.82, 2.24) is 9.62 Å². The van der Waals surface area contributed by atoms with E-state index < -0.39 is 34.3 Å². The van der Waals surface area contributed by atoms with Crippen molar-refractivity contribution in [2.75, 3.05) is 25.5 Å². The molecule has 4 rings (SSSR count). The van der Waals surface area contributed by atoms with E-state index in [9.17, 15) is 18.0 Å². The SMILES string of the molecule is COC1CCN(S(=O)(=O)c2ccc([C@H](C)NC(=O)CC(=O)Nc3ccc(C(=N)N)cc3)cc2-c2ccc(Cl)s2)CC1. The third-order valence-electron chi connectivity index (χ3n) is 6.87. The zero-order chi connectivity index (χ0) is 29.7. The molecule has 1 aliphatic heterocycles. The molecule has 41 heavy (non-hydrogen) atoms. The standard InChI is InChI=1S/C28H32ClN5O5S2/c1-17(32-26(35)16-27(36)33-20-6-3-18(4-7-20)28(30)31)19-5-9-24(22(15-19)23-8-10-25(29)40-23)41(37,38)34-13-11-21(39-2)12-14-34/h3-10,15,17,21H,11-14,16H2,1-2H3,(H3,30,31)(H,32,35)(H,33,36)/t17-/m0/s1. The van der Waals surface area contributed by atoms with Crippen molar-refractivity contribution in [3.8, 4) is 10.4 Å². The summed E-state index contributed by atoms with van der Waals surface area (Å²) < 4.78 is 34.8. The van der Waals surface area contributed by atoms with Gasteiger partial charge in [0.15, 0.2) is 0 Å². The molecule has 1 saturated heterocycles. The largest absolute Gasteiger partial charge is 0.384 e. The number of nitrogens with two attached hydrogens (primary N) is 1. The summed E-state index contributed by atoms with van der Waals surface area (Å²) in [5.74, 6) is -1.08. The van der Waals surface area contributed by atoms with Crippen molar-refractivity contribution >= 4 is 56.3 Å². The van der Waals surface area contributed by atoms with Crippen LogP contribution in [0.2, 0.25) is 4.34 Å². The molecule has 5 N–H and O–H groups in total. The number of nitrogen functional groups attached to an aromatic ring is 1. The number of ether oxygens (including phenoxy) is 1. The molecule has 3 aromatic rings. The summed E-state index contributed by atoms with van der Waals surface area (Å²) in [5.41, 5.74) is 7.62. The van der Waals surface area contributed by atoms with Gasteiger partial charge in [0.2, 0.25) is 21.8 Å². The molecule has 10 nitrogen and oxygen atoms in total. The molecular formula is C28H32ClN5O5S2. The highest BCUT2D eigenvalue weighted by Gasteiger charge is 2.32. The number of carbonyl (C=O) groups excluding carboxylic acids is 2. The fraction of sp³-hybridized carbons (Fsp3) is 0.321. The average molecular weight is 618 g/mol. The van der Waals surface area contributed by atoms with Gasteiger partial charge in [0.25, 0.3) is 0 Å². The minimum absolute atomic E-state index is 0.0400. The zero-order valence-corrected chi connectivity index (χ0v) is 25.0. The number of halogens is 1. The van der Waals surface area contributed by atoms with E-state index >= 15 is 0 Å². The maximum absolute atomic E-state index is 13.7. The number of nitrogens with zero attached hydrogens (tertiary/aromatic N) is 1. The lowest BCUT2D eigenvalue weighted by Crippen LogP contribution is -2.40. The van der Waals surface area contributed by atoms with Crippen LogP contribution in [0, 0.1) is 5.41 Å². The molecule has 13 heteroatoms. The number of amidine groups is 1. The van der Waals surface area contributed by atoms with E-state index in [2.05, 4.69) is 10.6 Å². The first-order valence-corrected chi connectivity index (χ1v) is 15.6. The minimum Gasteiger partial charge on any atom is -0.384 e. The van der Waals surface area contributed by atoms with Crippen LogP contribution >= 0.6 is 22.9 Å². The number of benzene rings is 2. The summed E-state index contributed by atoms with van der Waals surface area (Å²) in [6.07, 6.45) is 0.872. The monoisotopic (exact) mass is 617 g/mol. The molecule has 0 radical (unpaired) electrons. The number of carbonyl (C=O) groups is 2. The van der Waals surface area contributed by atoms with E-state index in [1.165, 1.54) is 15.6 Å². The quantitative estimate of drug-likeness (QED) is 0.151. The number of amides is 2. The first-order valence-electron chi connectivity index (χ1n) is 12.9. The summed E-state index contributed by atoms with van der Waals surface area (Å²) in [7, 11) is -2.17. The fourth-order valence-corrected chi connectivity index (χ4v) is 7.40. The van der Waals surface area contributed by atoms with Crippen LogP contribution in [0.15, 0.2) is 59.5 Å². The maximum atomic E-state index is 13.7. The number of hydrogen-bond acceptors (Lipinski definition) is 7. The minimum atomic E-state index is -3.80. The van der Waals surface area contributed by atoms with Crippen LogP contribution in [0.25, 0.3) is 10.4 Å². The van der Waals surface area contributed by atoms with Gasteiger partial charge >= 0.3 is 0 Å². The highest BCUT2D eigenvalue weighted by molar-refractivity contribution is 7.89. The molecule has 2 aromatic carbocycles. The van der Waals surface area contributed by atoms with Crippen LogP contribution < -0.4 is 16.4 Å². The molecule has 0 bridgehead atoms. The molecule has 1 atom stereocenters. The lowest BCUT2D eigenvalue weighted by atomic mass is 10.0. The Morgan fingerprint density at radius 3 is 2.39 bits per heavy atom. The van der Waals surface area contributed by atoms with Crippen molar-refractivity contribution in [3.63, 3.8) is 0 Å². The zero-order valence-electron chi connectivity index (χ0n) is 22.6. The van der Waals surface area contributed by atoms with Crippen LogP contribution in [-0.2, 0) is 24.3 Å². The molecule has 0 saturated carbocycles. The Morgan fingerprint density at radius 1 is 1.12 bits per heavy atom. The first kappa shape index (κ1) is 30.7. The highest BCUT2D eigenvalue weighted by Crippen LogP contribution is 2.38. The predicted molar refractivity (Wildman–Crippen MR) is 161 cm³/mol. The van der Waals surface area contributed by atoms with Crippen LogP contribution in [0.1, 0.15) is 43.4 Å². The van der Waals surface area contributed by atoms with Gasteiger partial charge < -0.3 is 21.1 Å². The van der Waals surface area contributed by atoms with Gasteiger partial charge in [0.1, 0.15) is 12.3 Å². The molecule has 1 aromatic heterocycles. The number of piperidine rings is 1. The third kappa shape index (κ3) is 7.52. The summed E-state index contributed by atoms with van der Waals surface area (Å²) in [4.78, 5) is 25.9. The molecule has 2 heterocycles. The molecule has 0 aliphatic carbocycles. The van der Waals surface area contributed by atoms with E-state index in [4.69, 9.17) is 27.5 Å². The number of hydrogen-bond donors (Lipinski definition) is 4. The smallest absolute Gasteiger partial charge is 0.243 e. The second-order valence-corrected chi connectivity index (χ2v) is 13.3. The van der Waals surface area contributed by atoms with Crippen LogP contribution in [0.3, 0.4) is 0 Å². The fourth-order valence-electron chi connectivity index (χ4n) is 4.60. The van der Waals surface area contributed by atoms with E-state index in [0.29, 0.717) is 57.5 Å². The summed E-state index contributed by atoms with van der Waals surface area (Å²) in [5, 5.41) is 12.9. The summed E-state index contributed by atoms with van der Waals surface area (Å²) in [6, 6.07) is 14.4. The van der Waals surface area contributed by atoms with E-state index in [1.54, 1.807) is 68.6 Å². The highest BCUT2D eigenvalue weighted by atomic mass is 35.5. The molecule has 0 unspecified atom stereocenters. The van der Waals surface area contributed by atoms with Crippen LogP contribution in [0.5, 0.6) is 0 Å². The number of sulfonamides is 1. The Kier molecular flexibility index (Phi) is 9.82. The van der Waals surface area contributed by atoms with Crippen molar-refractivity contribution in [2.24, 2.45) is 5.73 Å². The Hall–Kier alpha value is -3.29. The number of thiophene rings is 1. The lowest BCUT2D eigenvalue weighted by Gasteiger charge is -2.31. The van der Waals surface area contributed by atoms with Gasteiger partial charge in [-0.1, -0.05) is 17.7 Å². The van der Waals surface area contributed by atoms with Crippen LogP contribution in [-0.4, -0.2) is 56.7 Å². The van der Waals surface area contributed by atoms with Crippen molar-refractivity contribution < 1.29 is 22.7 Å². The Labute approximate surface area is 248 Å². The van der Waals surface area contributed by atoms with Gasteiger partial charge in [-0.2, -0.15) is 4.31 Å².